The van der Waals surface area contributed by atoms with Gasteiger partial charge in [-0.2, -0.15) is 0 Å². The molecule has 0 aromatic heterocycles. The van der Waals surface area contributed by atoms with E-state index in [4.69, 9.17) is 4.74 Å². The highest BCUT2D eigenvalue weighted by molar-refractivity contribution is 6.04. The van der Waals surface area contributed by atoms with Crippen molar-refractivity contribution in [2.75, 3.05) is 19.7 Å². The van der Waals surface area contributed by atoms with Gasteiger partial charge in [-0.3, -0.25) is 4.79 Å². The van der Waals surface area contributed by atoms with Crippen LogP contribution in [0.25, 0.3) is 0 Å². The second-order valence-electron chi connectivity index (χ2n) is 5.56. The van der Waals surface area contributed by atoms with E-state index in [-0.39, 0.29) is 5.78 Å². The monoisotopic (exact) mass is 325 g/mol. The molecule has 0 heterocycles. The minimum absolute atomic E-state index is 0.00968. The van der Waals surface area contributed by atoms with Crippen LogP contribution in [0.1, 0.15) is 30.6 Å². The van der Waals surface area contributed by atoms with E-state index >= 15 is 0 Å². The fraction of sp³-hybridized carbons (Fsp3) is 0.286. The van der Waals surface area contributed by atoms with E-state index in [2.05, 4.69) is 11.9 Å². The summed E-state index contributed by atoms with van der Waals surface area (Å²) >= 11 is 0. The Labute approximate surface area is 145 Å². The molecule has 0 saturated carbocycles. The van der Waals surface area contributed by atoms with E-state index in [1.807, 2.05) is 50.3 Å². The van der Waals surface area contributed by atoms with E-state index < -0.39 is 0 Å². The standard InChI is InChI=1S/C21H27NO2/c1-4-5-15-22-16-6-7-17-24-20-13-11-19(12-14-20)21(23)10-8-9-18(2)3/h4,6-14,22H,1,5,15-17H2,2-3H3. The van der Waals surface area contributed by atoms with Gasteiger partial charge in [0.2, 0.25) is 0 Å². The van der Waals surface area contributed by atoms with Crippen LogP contribution in [-0.2, 0) is 0 Å². The summed E-state index contributed by atoms with van der Waals surface area (Å²) < 4.78 is 5.61. The largest absolute Gasteiger partial charge is 0.490 e. The van der Waals surface area contributed by atoms with Crippen molar-refractivity contribution in [2.24, 2.45) is 0 Å². The maximum absolute atomic E-state index is 12.0. The molecule has 1 N–H and O–H groups in total. The first kappa shape index (κ1) is 19.7. The highest BCUT2D eigenvalue weighted by atomic mass is 16.5. The Morgan fingerprint density at radius 2 is 1.96 bits per heavy atom. The molecule has 0 unspecified atom stereocenters. The van der Waals surface area contributed by atoms with Crippen molar-refractivity contribution in [3.8, 4) is 5.75 Å². The normalized spacial score (nSPS) is 10.9. The minimum atomic E-state index is -0.00968. The third-order valence-corrected chi connectivity index (χ3v) is 3.12. The molecule has 0 saturated heterocycles. The highest BCUT2D eigenvalue weighted by Gasteiger charge is 2.01. The van der Waals surface area contributed by atoms with Crippen molar-refractivity contribution in [2.45, 2.75) is 20.3 Å². The van der Waals surface area contributed by atoms with E-state index in [1.165, 1.54) is 0 Å². The predicted molar refractivity (Wildman–Crippen MR) is 102 cm³/mol. The zero-order chi connectivity index (χ0) is 17.6. The lowest BCUT2D eigenvalue weighted by Gasteiger charge is -2.04. The molecule has 0 aliphatic rings. The topological polar surface area (TPSA) is 38.3 Å². The summed E-state index contributed by atoms with van der Waals surface area (Å²) in [5, 5.41) is 3.27. The lowest BCUT2D eigenvalue weighted by atomic mass is 10.1. The van der Waals surface area contributed by atoms with Gasteiger partial charge in [0.25, 0.3) is 0 Å². The summed E-state index contributed by atoms with van der Waals surface area (Å²) in [7, 11) is 0. The van der Waals surface area contributed by atoms with Gasteiger partial charge in [0.05, 0.1) is 0 Å². The Balaban J connectivity index is 2.35. The van der Waals surface area contributed by atoms with Crippen LogP contribution in [0.4, 0.5) is 0 Å². The maximum atomic E-state index is 12.0. The molecule has 0 radical (unpaired) electrons. The molecule has 0 atom stereocenters. The van der Waals surface area contributed by atoms with E-state index in [0.717, 1.165) is 30.8 Å². The first-order valence-electron chi connectivity index (χ1n) is 8.19. The number of hydrogen-bond donors (Lipinski definition) is 1. The summed E-state index contributed by atoms with van der Waals surface area (Å²) in [6.07, 6.45) is 12.1. The maximum Gasteiger partial charge on any atom is 0.185 e. The van der Waals surface area contributed by atoms with Crippen molar-refractivity contribution in [1.82, 2.24) is 5.32 Å². The molecule has 0 fully saturated rings. The number of hydrogen-bond acceptors (Lipinski definition) is 3. The Bertz CT molecular complexity index is 591. The fourth-order valence-electron chi connectivity index (χ4n) is 1.82. The minimum Gasteiger partial charge on any atom is -0.490 e. The molecular weight excluding hydrogens is 298 g/mol. The molecule has 0 aliphatic carbocycles. The van der Waals surface area contributed by atoms with Crippen LogP contribution < -0.4 is 10.1 Å². The average Bonchev–Trinajstić information content (AvgIpc) is 2.57. The van der Waals surface area contributed by atoms with Gasteiger partial charge in [0, 0.05) is 12.1 Å². The van der Waals surface area contributed by atoms with Crippen molar-refractivity contribution >= 4 is 5.78 Å². The number of rotatable bonds is 11. The van der Waals surface area contributed by atoms with Gasteiger partial charge in [-0.1, -0.05) is 36.0 Å². The molecule has 3 heteroatoms. The second-order valence-corrected chi connectivity index (χ2v) is 5.56. The number of ketones is 1. The Morgan fingerprint density at radius 1 is 1.21 bits per heavy atom. The summed E-state index contributed by atoms with van der Waals surface area (Å²) in [6, 6.07) is 7.20. The zero-order valence-electron chi connectivity index (χ0n) is 14.6. The van der Waals surface area contributed by atoms with E-state index in [1.54, 1.807) is 24.3 Å². The van der Waals surface area contributed by atoms with E-state index in [9.17, 15) is 4.79 Å². The molecule has 24 heavy (non-hydrogen) atoms. The molecule has 1 rings (SSSR count). The van der Waals surface area contributed by atoms with Crippen LogP contribution in [0.5, 0.6) is 5.75 Å². The van der Waals surface area contributed by atoms with E-state index in [0.29, 0.717) is 12.2 Å². The van der Waals surface area contributed by atoms with Crippen LogP contribution in [0.3, 0.4) is 0 Å². The first-order valence-corrected chi connectivity index (χ1v) is 8.19. The number of carbonyl (C=O) groups excluding carboxylic acids is 1. The summed E-state index contributed by atoms with van der Waals surface area (Å²) in [4.78, 5) is 12.0. The number of benzene rings is 1. The molecule has 0 amide bonds. The van der Waals surface area contributed by atoms with Crippen LogP contribution in [0.2, 0.25) is 0 Å². The Kier molecular flexibility index (Phi) is 9.90. The molecule has 0 bridgehead atoms. The van der Waals surface area contributed by atoms with Gasteiger partial charge < -0.3 is 10.1 Å². The van der Waals surface area contributed by atoms with Crippen molar-refractivity contribution < 1.29 is 9.53 Å². The second kappa shape index (κ2) is 12.1. The summed E-state index contributed by atoms with van der Waals surface area (Å²) in [5.74, 6) is 0.744. The summed E-state index contributed by atoms with van der Waals surface area (Å²) in [6.45, 7) is 9.93. The van der Waals surface area contributed by atoms with Gasteiger partial charge in [-0.05, 0) is 57.2 Å². The molecule has 0 spiro atoms. The van der Waals surface area contributed by atoms with Crippen LogP contribution in [0.15, 0.2) is 72.9 Å². The zero-order valence-corrected chi connectivity index (χ0v) is 14.6. The quantitative estimate of drug-likeness (QED) is 0.214. The molecule has 3 nitrogen and oxygen atoms in total. The molecule has 0 aliphatic heterocycles. The lowest BCUT2D eigenvalue weighted by Crippen LogP contribution is -2.14. The lowest BCUT2D eigenvalue weighted by molar-refractivity contribution is 0.104. The predicted octanol–water partition coefficient (Wildman–Crippen LogP) is 4.49. The van der Waals surface area contributed by atoms with Crippen LogP contribution in [0, 0.1) is 0 Å². The van der Waals surface area contributed by atoms with Gasteiger partial charge in [0.1, 0.15) is 12.4 Å². The molecular formula is C21H27NO2. The van der Waals surface area contributed by atoms with Gasteiger partial charge in [-0.15, -0.1) is 6.58 Å². The number of allylic oxidation sites excluding steroid dienone is 4. The van der Waals surface area contributed by atoms with Gasteiger partial charge in [-0.25, -0.2) is 0 Å². The number of nitrogens with one attached hydrogen (secondary N) is 1. The van der Waals surface area contributed by atoms with Crippen LogP contribution in [-0.4, -0.2) is 25.5 Å². The smallest absolute Gasteiger partial charge is 0.185 e. The number of carbonyl (C=O) groups is 1. The highest BCUT2D eigenvalue weighted by Crippen LogP contribution is 2.13. The number of ether oxygens (including phenoxy) is 1. The Hall–Kier alpha value is -2.39. The third-order valence-electron chi connectivity index (χ3n) is 3.12. The Morgan fingerprint density at radius 3 is 2.62 bits per heavy atom. The average molecular weight is 325 g/mol. The van der Waals surface area contributed by atoms with Crippen LogP contribution >= 0.6 is 0 Å². The first-order chi connectivity index (χ1) is 11.6. The van der Waals surface area contributed by atoms with Gasteiger partial charge in [0.15, 0.2) is 5.78 Å². The fourth-order valence-corrected chi connectivity index (χ4v) is 1.82. The van der Waals surface area contributed by atoms with Gasteiger partial charge >= 0.3 is 0 Å². The molecule has 1 aromatic carbocycles. The van der Waals surface area contributed by atoms with Crippen molar-refractivity contribution in [1.29, 1.82) is 0 Å². The molecule has 128 valence electrons. The third kappa shape index (κ3) is 8.91. The molecule has 1 aromatic rings. The summed E-state index contributed by atoms with van der Waals surface area (Å²) in [5.41, 5.74) is 1.81. The van der Waals surface area contributed by atoms with Crippen molar-refractivity contribution in [3.05, 3.63) is 78.4 Å². The SMILES string of the molecule is C=CCCNCC=CCOc1ccc(C(=O)C=CC=C(C)C)cc1. The van der Waals surface area contributed by atoms with Crippen molar-refractivity contribution in [3.63, 3.8) is 0 Å².